The van der Waals surface area contributed by atoms with E-state index in [2.05, 4.69) is 15.4 Å². The van der Waals surface area contributed by atoms with Crippen molar-refractivity contribution in [2.75, 3.05) is 7.11 Å². The van der Waals surface area contributed by atoms with Crippen LogP contribution in [0, 0.1) is 4.77 Å². The van der Waals surface area contributed by atoms with Crippen molar-refractivity contribution in [3.63, 3.8) is 0 Å². The monoisotopic (exact) mass is 222 g/mol. The van der Waals surface area contributed by atoms with Crippen molar-refractivity contribution in [1.82, 2.24) is 20.2 Å². The predicted octanol–water partition coefficient (Wildman–Crippen LogP) is 1.39. The van der Waals surface area contributed by atoms with Crippen molar-refractivity contribution in [2.45, 2.75) is 6.54 Å². The zero-order valence-electron chi connectivity index (χ0n) is 8.17. The molecule has 0 saturated heterocycles. The third kappa shape index (κ3) is 2.41. The molecule has 0 fully saturated rings. The molecule has 0 unspecified atom stereocenters. The highest BCUT2D eigenvalue weighted by atomic mass is 32.1. The summed E-state index contributed by atoms with van der Waals surface area (Å²) < 4.78 is 5.46. The molecule has 0 bridgehead atoms. The number of nitrogens with one attached hydrogen (secondary N) is 1. The van der Waals surface area contributed by atoms with Gasteiger partial charge in [-0.1, -0.05) is 17.2 Å². The van der Waals surface area contributed by atoms with Crippen molar-refractivity contribution in [3.05, 3.63) is 34.6 Å². The molecule has 78 valence electrons. The maximum atomic E-state index is 5.06. The maximum absolute atomic E-state index is 5.06. The van der Waals surface area contributed by atoms with Crippen LogP contribution in [0.4, 0.5) is 0 Å². The molecular formula is C9H10N4OS. The highest BCUT2D eigenvalue weighted by Crippen LogP contribution is 2.11. The van der Waals surface area contributed by atoms with Gasteiger partial charge in [0.2, 0.25) is 4.77 Å². The summed E-state index contributed by atoms with van der Waals surface area (Å²) in [5.74, 6) is 0.838. The quantitative estimate of drug-likeness (QED) is 0.797. The molecule has 1 aromatic heterocycles. The molecule has 1 aromatic carbocycles. The van der Waals surface area contributed by atoms with E-state index in [0.29, 0.717) is 11.3 Å². The van der Waals surface area contributed by atoms with Crippen LogP contribution in [0.25, 0.3) is 0 Å². The third-order valence-corrected chi connectivity index (χ3v) is 2.13. The van der Waals surface area contributed by atoms with E-state index in [-0.39, 0.29) is 0 Å². The number of H-pyrrole nitrogens is 1. The van der Waals surface area contributed by atoms with Gasteiger partial charge in [-0.25, -0.2) is 0 Å². The fraction of sp³-hybridized carbons (Fsp3) is 0.222. The summed E-state index contributed by atoms with van der Waals surface area (Å²) in [6.45, 7) is 0.619. The molecule has 0 aliphatic rings. The van der Waals surface area contributed by atoms with Gasteiger partial charge in [-0.15, -0.1) is 0 Å². The summed E-state index contributed by atoms with van der Waals surface area (Å²) in [5, 5.41) is 10.4. The van der Waals surface area contributed by atoms with E-state index in [1.807, 2.05) is 24.3 Å². The summed E-state index contributed by atoms with van der Waals surface area (Å²) in [4.78, 5) is 1.59. The fourth-order valence-corrected chi connectivity index (χ4v) is 1.37. The van der Waals surface area contributed by atoms with E-state index in [0.717, 1.165) is 11.3 Å². The predicted molar refractivity (Wildman–Crippen MR) is 57.3 cm³/mol. The molecule has 6 heteroatoms. The SMILES string of the molecule is COc1ccc(Cn2nnc(=S)[nH]2)cc1. The van der Waals surface area contributed by atoms with Gasteiger partial charge in [0, 0.05) is 0 Å². The zero-order chi connectivity index (χ0) is 10.7. The van der Waals surface area contributed by atoms with Gasteiger partial charge in [-0.2, -0.15) is 4.80 Å². The number of methoxy groups -OCH3 is 1. The molecule has 5 nitrogen and oxygen atoms in total. The van der Waals surface area contributed by atoms with Crippen molar-refractivity contribution in [1.29, 1.82) is 0 Å². The molecule has 2 aromatic rings. The van der Waals surface area contributed by atoms with E-state index < -0.39 is 0 Å². The molecule has 0 aliphatic heterocycles. The van der Waals surface area contributed by atoms with Crippen LogP contribution in [0.15, 0.2) is 24.3 Å². The van der Waals surface area contributed by atoms with E-state index in [1.54, 1.807) is 11.9 Å². The number of benzene rings is 1. The van der Waals surface area contributed by atoms with E-state index in [1.165, 1.54) is 0 Å². The highest BCUT2D eigenvalue weighted by molar-refractivity contribution is 7.71. The Kier molecular flexibility index (Phi) is 2.77. The van der Waals surface area contributed by atoms with Gasteiger partial charge in [0.1, 0.15) is 5.75 Å². The van der Waals surface area contributed by atoms with Crippen LogP contribution in [0.5, 0.6) is 5.75 Å². The first-order valence-corrected chi connectivity index (χ1v) is 4.81. The molecule has 0 spiro atoms. The number of aromatic amines is 1. The second-order valence-electron chi connectivity index (χ2n) is 3.01. The van der Waals surface area contributed by atoms with Gasteiger partial charge >= 0.3 is 0 Å². The zero-order valence-corrected chi connectivity index (χ0v) is 8.99. The number of ether oxygens (including phenoxy) is 1. The molecule has 2 rings (SSSR count). The minimum absolute atomic E-state index is 0.392. The standard InChI is InChI=1S/C9H10N4OS/c1-14-8-4-2-7(3-5-8)6-13-11-9(15)10-12-13/h2-5H,6H2,1H3,(H,11,15). The number of hydrogen-bond donors (Lipinski definition) is 1. The highest BCUT2D eigenvalue weighted by Gasteiger charge is 1.97. The lowest BCUT2D eigenvalue weighted by molar-refractivity contribution is 0.414. The van der Waals surface area contributed by atoms with E-state index >= 15 is 0 Å². The molecule has 0 aliphatic carbocycles. The van der Waals surface area contributed by atoms with Gasteiger partial charge in [0.05, 0.1) is 13.7 Å². The van der Waals surface area contributed by atoms with E-state index in [9.17, 15) is 0 Å². The molecule has 0 saturated carbocycles. The largest absolute Gasteiger partial charge is 0.497 e. The Morgan fingerprint density at radius 1 is 1.40 bits per heavy atom. The molecule has 1 N–H and O–H groups in total. The topological polar surface area (TPSA) is 55.7 Å². The first-order chi connectivity index (χ1) is 7.28. The normalized spacial score (nSPS) is 10.2. The second-order valence-corrected chi connectivity index (χ2v) is 3.40. The summed E-state index contributed by atoms with van der Waals surface area (Å²) in [6.07, 6.45) is 0. The van der Waals surface area contributed by atoms with Gasteiger partial charge in [0.25, 0.3) is 0 Å². The van der Waals surface area contributed by atoms with Gasteiger partial charge in [-0.05, 0) is 35.1 Å². The van der Waals surface area contributed by atoms with Gasteiger partial charge in [0.15, 0.2) is 0 Å². The first kappa shape index (κ1) is 9.85. The van der Waals surface area contributed by atoms with Gasteiger partial charge in [-0.3, -0.25) is 5.10 Å². The fourth-order valence-electron chi connectivity index (χ4n) is 1.22. The Bertz CT molecular complexity index is 487. The number of tetrazole rings is 1. The number of hydrogen-bond acceptors (Lipinski definition) is 4. The van der Waals surface area contributed by atoms with Crippen molar-refractivity contribution in [2.24, 2.45) is 0 Å². The Labute approximate surface area is 91.7 Å². The van der Waals surface area contributed by atoms with Crippen LogP contribution in [-0.2, 0) is 6.54 Å². The Morgan fingerprint density at radius 3 is 2.67 bits per heavy atom. The molecule has 1 heterocycles. The Balaban J connectivity index is 2.14. The lowest BCUT2D eigenvalue weighted by atomic mass is 10.2. The lowest BCUT2D eigenvalue weighted by Crippen LogP contribution is -2.03. The summed E-state index contributed by atoms with van der Waals surface area (Å²) >= 11 is 4.82. The number of rotatable bonds is 3. The molecule has 15 heavy (non-hydrogen) atoms. The average molecular weight is 222 g/mol. The summed E-state index contributed by atoms with van der Waals surface area (Å²) in [6, 6.07) is 7.75. The van der Waals surface area contributed by atoms with Crippen LogP contribution in [0.1, 0.15) is 5.56 Å². The first-order valence-electron chi connectivity index (χ1n) is 4.40. The van der Waals surface area contributed by atoms with E-state index in [4.69, 9.17) is 17.0 Å². The number of nitrogens with zero attached hydrogens (tertiary/aromatic N) is 3. The van der Waals surface area contributed by atoms with Crippen molar-refractivity contribution in [3.8, 4) is 5.75 Å². The minimum Gasteiger partial charge on any atom is -0.497 e. The molecule has 0 radical (unpaired) electrons. The van der Waals surface area contributed by atoms with Crippen LogP contribution in [0.3, 0.4) is 0 Å². The minimum atomic E-state index is 0.392. The van der Waals surface area contributed by atoms with Crippen LogP contribution in [0.2, 0.25) is 0 Å². The summed E-state index contributed by atoms with van der Waals surface area (Å²) in [5.41, 5.74) is 1.10. The number of aromatic nitrogens is 4. The molecule has 0 atom stereocenters. The van der Waals surface area contributed by atoms with Crippen molar-refractivity contribution >= 4 is 12.2 Å². The van der Waals surface area contributed by atoms with Gasteiger partial charge < -0.3 is 4.74 Å². The van der Waals surface area contributed by atoms with Crippen molar-refractivity contribution < 1.29 is 4.74 Å². The lowest BCUT2D eigenvalue weighted by Gasteiger charge is -2.02. The second kappa shape index (κ2) is 4.22. The maximum Gasteiger partial charge on any atom is 0.235 e. The van der Waals surface area contributed by atoms with Crippen LogP contribution in [-0.4, -0.2) is 27.3 Å². The smallest absolute Gasteiger partial charge is 0.235 e. The van der Waals surface area contributed by atoms with Crippen LogP contribution < -0.4 is 4.74 Å². The Morgan fingerprint density at radius 2 is 2.13 bits per heavy atom. The molecular weight excluding hydrogens is 212 g/mol. The molecule has 0 amide bonds. The van der Waals surface area contributed by atoms with Crippen LogP contribution >= 0.6 is 12.2 Å². The average Bonchev–Trinajstić information content (AvgIpc) is 2.65. The Hall–Kier alpha value is -1.69. The summed E-state index contributed by atoms with van der Waals surface area (Å²) in [7, 11) is 1.64. The third-order valence-electron chi connectivity index (χ3n) is 1.96.